The van der Waals surface area contributed by atoms with Gasteiger partial charge in [0.2, 0.25) is 0 Å². The SMILES string of the molecule is Cc1ccc(Oc2cc(C)cc(C)c2C)c(CO)c1. The van der Waals surface area contributed by atoms with Crippen molar-refractivity contribution >= 4 is 0 Å². The molecule has 0 aromatic heterocycles. The minimum Gasteiger partial charge on any atom is -0.457 e. The van der Waals surface area contributed by atoms with Gasteiger partial charge in [-0.1, -0.05) is 23.8 Å². The lowest BCUT2D eigenvalue weighted by Crippen LogP contribution is -1.96. The molecular weight excluding hydrogens is 236 g/mol. The number of hydrogen-bond donors (Lipinski definition) is 1. The third-order valence-electron chi connectivity index (χ3n) is 3.37. The van der Waals surface area contributed by atoms with Crippen molar-refractivity contribution in [2.75, 3.05) is 0 Å². The van der Waals surface area contributed by atoms with Gasteiger partial charge in [0.1, 0.15) is 11.5 Å². The number of ether oxygens (including phenoxy) is 1. The van der Waals surface area contributed by atoms with Crippen LogP contribution in [0.25, 0.3) is 0 Å². The molecule has 0 bridgehead atoms. The molecule has 0 fully saturated rings. The fourth-order valence-electron chi connectivity index (χ4n) is 2.16. The molecule has 0 radical (unpaired) electrons. The Morgan fingerprint density at radius 1 is 0.895 bits per heavy atom. The van der Waals surface area contributed by atoms with Crippen LogP contribution in [0.15, 0.2) is 30.3 Å². The molecule has 0 heterocycles. The lowest BCUT2D eigenvalue weighted by Gasteiger charge is -2.14. The van der Waals surface area contributed by atoms with E-state index in [0.717, 1.165) is 28.2 Å². The Morgan fingerprint density at radius 3 is 2.32 bits per heavy atom. The van der Waals surface area contributed by atoms with Gasteiger partial charge < -0.3 is 9.84 Å². The molecular formula is C17H20O2. The number of rotatable bonds is 3. The Kier molecular flexibility index (Phi) is 3.91. The lowest BCUT2D eigenvalue weighted by atomic mass is 10.1. The predicted octanol–water partition coefficient (Wildman–Crippen LogP) is 4.20. The summed E-state index contributed by atoms with van der Waals surface area (Å²) >= 11 is 0. The summed E-state index contributed by atoms with van der Waals surface area (Å²) < 4.78 is 5.99. The van der Waals surface area contributed by atoms with E-state index >= 15 is 0 Å². The van der Waals surface area contributed by atoms with E-state index in [9.17, 15) is 5.11 Å². The van der Waals surface area contributed by atoms with Gasteiger partial charge in [0.15, 0.2) is 0 Å². The van der Waals surface area contributed by atoms with Crippen LogP contribution in [0.3, 0.4) is 0 Å². The molecule has 2 aromatic carbocycles. The van der Waals surface area contributed by atoms with Crippen LogP contribution in [-0.4, -0.2) is 5.11 Å². The summed E-state index contributed by atoms with van der Waals surface area (Å²) in [6.07, 6.45) is 0. The first-order valence-electron chi connectivity index (χ1n) is 6.47. The summed E-state index contributed by atoms with van der Waals surface area (Å²) in [6.45, 7) is 8.18. The Labute approximate surface area is 114 Å². The highest BCUT2D eigenvalue weighted by molar-refractivity contribution is 5.46. The molecule has 0 aliphatic heterocycles. The van der Waals surface area contributed by atoms with Crippen LogP contribution in [0.2, 0.25) is 0 Å². The second kappa shape index (κ2) is 5.45. The predicted molar refractivity (Wildman–Crippen MR) is 77.8 cm³/mol. The minimum atomic E-state index is -0.0130. The molecule has 2 rings (SSSR count). The van der Waals surface area contributed by atoms with E-state index < -0.39 is 0 Å². The first-order valence-corrected chi connectivity index (χ1v) is 6.47. The maximum Gasteiger partial charge on any atom is 0.132 e. The van der Waals surface area contributed by atoms with Crippen LogP contribution in [0, 0.1) is 27.7 Å². The molecule has 0 aliphatic carbocycles. The third-order valence-corrected chi connectivity index (χ3v) is 3.37. The van der Waals surface area contributed by atoms with Gasteiger partial charge in [0, 0.05) is 5.56 Å². The lowest BCUT2D eigenvalue weighted by molar-refractivity contribution is 0.276. The van der Waals surface area contributed by atoms with Crippen LogP contribution in [0.4, 0.5) is 0 Å². The zero-order valence-corrected chi connectivity index (χ0v) is 11.9. The highest BCUT2D eigenvalue weighted by Crippen LogP contribution is 2.31. The maximum atomic E-state index is 9.42. The summed E-state index contributed by atoms with van der Waals surface area (Å²) in [5.74, 6) is 1.58. The fraction of sp³-hybridized carbons (Fsp3) is 0.294. The number of aliphatic hydroxyl groups excluding tert-OH is 1. The normalized spacial score (nSPS) is 10.6. The molecule has 0 spiro atoms. The fourth-order valence-corrected chi connectivity index (χ4v) is 2.16. The molecule has 0 unspecified atom stereocenters. The van der Waals surface area contributed by atoms with Crippen molar-refractivity contribution < 1.29 is 9.84 Å². The first kappa shape index (κ1) is 13.6. The summed E-state index contributed by atoms with van der Waals surface area (Å²) in [7, 11) is 0. The van der Waals surface area contributed by atoms with Crippen molar-refractivity contribution in [2.24, 2.45) is 0 Å². The van der Waals surface area contributed by atoms with Crippen LogP contribution in [0.5, 0.6) is 11.5 Å². The Balaban J connectivity index is 2.41. The second-order valence-corrected chi connectivity index (χ2v) is 5.08. The van der Waals surface area contributed by atoms with Gasteiger partial charge >= 0.3 is 0 Å². The molecule has 2 nitrogen and oxygen atoms in total. The van der Waals surface area contributed by atoms with Crippen molar-refractivity contribution in [3.63, 3.8) is 0 Å². The molecule has 0 saturated carbocycles. The Bertz CT molecular complexity index is 600. The number of benzene rings is 2. The maximum absolute atomic E-state index is 9.42. The summed E-state index contributed by atoms with van der Waals surface area (Å²) in [4.78, 5) is 0. The standard InChI is InChI=1S/C17H20O2/c1-11-5-6-16(15(8-11)10-18)19-17-9-12(2)7-13(3)14(17)4/h5-9,18H,10H2,1-4H3. The molecule has 19 heavy (non-hydrogen) atoms. The summed E-state index contributed by atoms with van der Waals surface area (Å²) in [5.41, 5.74) is 5.46. The van der Waals surface area contributed by atoms with E-state index in [1.165, 1.54) is 11.1 Å². The molecule has 0 aliphatic rings. The van der Waals surface area contributed by atoms with Gasteiger partial charge in [0.25, 0.3) is 0 Å². The van der Waals surface area contributed by atoms with Gasteiger partial charge in [-0.25, -0.2) is 0 Å². The van der Waals surface area contributed by atoms with E-state index in [1.54, 1.807) is 0 Å². The van der Waals surface area contributed by atoms with Crippen molar-refractivity contribution in [1.82, 2.24) is 0 Å². The van der Waals surface area contributed by atoms with E-state index in [4.69, 9.17) is 4.74 Å². The molecule has 1 N–H and O–H groups in total. The Morgan fingerprint density at radius 2 is 1.63 bits per heavy atom. The second-order valence-electron chi connectivity index (χ2n) is 5.08. The number of aryl methyl sites for hydroxylation is 3. The summed E-state index contributed by atoms with van der Waals surface area (Å²) in [5, 5.41) is 9.42. The molecule has 0 saturated heterocycles. The van der Waals surface area contributed by atoms with Gasteiger partial charge in [-0.3, -0.25) is 0 Å². The average molecular weight is 256 g/mol. The van der Waals surface area contributed by atoms with Gasteiger partial charge in [-0.2, -0.15) is 0 Å². The van der Waals surface area contributed by atoms with E-state index in [0.29, 0.717) is 0 Å². The number of aliphatic hydroxyl groups is 1. The quantitative estimate of drug-likeness (QED) is 0.891. The van der Waals surface area contributed by atoms with Crippen molar-refractivity contribution in [1.29, 1.82) is 0 Å². The zero-order valence-electron chi connectivity index (χ0n) is 11.9. The van der Waals surface area contributed by atoms with Gasteiger partial charge in [0.05, 0.1) is 6.61 Å². The topological polar surface area (TPSA) is 29.5 Å². The van der Waals surface area contributed by atoms with Crippen molar-refractivity contribution in [3.05, 3.63) is 58.1 Å². The molecule has 100 valence electrons. The van der Waals surface area contributed by atoms with Crippen LogP contribution in [0.1, 0.15) is 27.8 Å². The molecule has 0 atom stereocenters. The van der Waals surface area contributed by atoms with E-state index in [-0.39, 0.29) is 6.61 Å². The highest BCUT2D eigenvalue weighted by atomic mass is 16.5. The summed E-state index contributed by atoms with van der Waals surface area (Å²) in [6, 6.07) is 10.0. The molecule has 2 aromatic rings. The van der Waals surface area contributed by atoms with Crippen LogP contribution < -0.4 is 4.74 Å². The van der Waals surface area contributed by atoms with Gasteiger partial charge in [-0.15, -0.1) is 0 Å². The molecule has 2 heteroatoms. The Hall–Kier alpha value is -1.80. The molecule has 0 amide bonds. The monoisotopic (exact) mass is 256 g/mol. The smallest absolute Gasteiger partial charge is 0.132 e. The van der Waals surface area contributed by atoms with Gasteiger partial charge in [-0.05, 0) is 56.5 Å². The zero-order chi connectivity index (χ0) is 14.0. The highest BCUT2D eigenvalue weighted by Gasteiger charge is 2.08. The van der Waals surface area contributed by atoms with Crippen molar-refractivity contribution in [3.8, 4) is 11.5 Å². The van der Waals surface area contributed by atoms with Crippen molar-refractivity contribution in [2.45, 2.75) is 34.3 Å². The van der Waals surface area contributed by atoms with Crippen LogP contribution >= 0.6 is 0 Å². The van der Waals surface area contributed by atoms with E-state index in [2.05, 4.69) is 26.8 Å². The van der Waals surface area contributed by atoms with E-state index in [1.807, 2.05) is 31.2 Å². The minimum absolute atomic E-state index is 0.0130. The third kappa shape index (κ3) is 2.96. The largest absolute Gasteiger partial charge is 0.457 e. The first-order chi connectivity index (χ1) is 9.01. The van der Waals surface area contributed by atoms with Crippen LogP contribution in [-0.2, 0) is 6.61 Å². The average Bonchev–Trinajstić information content (AvgIpc) is 2.37. The number of hydrogen-bond acceptors (Lipinski definition) is 2.